The number of carboxylic acid groups (broad SMARTS) is 1. The summed E-state index contributed by atoms with van der Waals surface area (Å²) in [6, 6.07) is 8.62. The van der Waals surface area contributed by atoms with Gasteiger partial charge in [-0.1, -0.05) is 30.3 Å². The summed E-state index contributed by atoms with van der Waals surface area (Å²) in [7, 11) is 0. The van der Waals surface area contributed by atoms with Gasteiger partial charge in [0, 0.05) is 30.4 Å². The van der Waals surface area contributed by atoms with Gasteiger partial charge in [-0.15, -0.1) is 0 Å². The Labute approximate surface area is 161 Å². The highest BCUT2D eigenvalue weighted by Gasteiger charge is 2.26. The number of aryl methyl sites for hydroxylation is 1. The number of anilines is 1. The first kappa shape index (κ1) is 19.1. The van der Waals surface area contributed by atoms with Crippen molar-refractivity contribution in [2.45, 2.75) is 13.3 Å². The smallest absolute Gasteiger partial charge is 0.337 e. The van der Waals surface area contributed by atoms with Gasteiger partial charge in [-0.25, -0.2) is 9.18 Å². The molecule has 6 heteroatoms. The molecule has 0 aromatic heterocycles. The van der Waals surface area contributed by atoms with E-state index in [1.807, 2.05) is 19.1 Å². The van der Waals surface area contributed by atoms with E-state index in [1.54, 1.807) is 17.0 Å². The Kier molecular flexibility index (Phi) is 5.35. The number of benzene rings is 2. The first-order chi connectivity index (χ1) is 12.8. The maximum absolute atomic E-state index is 14.3. The number of hydrogen-bond acceptors (Lipinski definition) is 3. The van der Waals surface area contributed by atoms with E-state index in [-0.39, 0.29) is 23.7 Å². The Bertz CT molecular complexity index is 968. The van der Waals surface area contributed by atoms with Crippen molar-refractivity contribution in [3.63, 3.8) is 0 Å². The third-order valence-electron chi connectivity index (χ3n) is 4.68. The van der Waals surface area contributed by atoms with E-state index < -0.39 is 11.8 Å². The highest BCUT2D eigenvalue weighted by Crippen LogP contribution is 2.38. The molecule has 0 bridgehead atoms. The maximum Gasteiger partial charge on any atom is 0.337 e. The van der Waals surface area contributed by atoms with Crippen molar-refractivity contribution in [3.05, 3.63) is 81.8 Å². The Morgan fingerprint density at radius 1 is 1.30 bits per heavy atom. The molecule has 0 spiro atoms. The summed E-state index contributed by atoms with van der Waals surface area (Å²) >= 11 is 5.87. The molecule has 0 fully saturated rings. The van der Waals surface area contributed by atoms with Crippen LogP contribution in [0.5, 0.6) is 0 Å². The van der Waals surface area contributed by atoms with Crippen LogP contribution in [0.1, 0.15) is 22.3 Å². The van der Waals surface area contributed by atoms with Crippen LogP contribution in [0, 0.1) is 12.7 Å². The minimum absolute atomic E-state index is 0.0674. The Balaban J connectivity index is 2.08. The van der Waals surface area contributed by atoms with Gasteiger partial charge in [0.1, 0.15) is 5.82 Å². The predicted molar refractivity (Wildman–Crippen MR) is 105 cm³/mol. The molecule has 0 aliphatic carbocycles. The van der Waals surface area contributed by atoms with Crippen LogP contribution in [-0.2, 0) is 11.2 Å². The molecule has 0 atom stereocenters. The maximum atomic E-state index is 14.3. The zero-order chi connectivity index (χ0) is 19.7. The topological polar surface area (TPSA) is 60.8 Å². The minimum atomic E-state index is -1.09. The second-order valence-corrected chi connectivity index (χ2v) is 6.84. The van der Waals surface area contributed by atoms with Crippen molar-refractivity contribution in [2.75, 3.05) is 18.1 Å². The molecule has 1 aliphatic heterocycles. The zero-order valence-electron chi connectivity index (χ0n) is 14.8. The van der Waals surface area contributed by atoms with Crippen LogP contribution >= 0.6 is 11.6 Å². The SMILES string of the molecule is C=C1C(C(=O)O)=CN(CCO)c2cc(C)c(Cc3cccc(Cl)c3F)cc21. The zero-order valence-corrected chi connectivity index (χ0v) is 15.6. The second kappa shape index (κ2) is 7.55. The number of nitrogens with zero attached hydrogens (tertiary/aromatic N) is 1. The van der Waals surface area contributed by atoms with E-state index >= 15 is 0 Å². The highest BCUT2D eigenvalue weighted by atomic mass is 35.5. The molecule has 4 nitrogen and oxygen atoms in total. The minimum Gasteiger partial charge on any atom is -0.478 e. The molecule has 0 radical (unpaired) electrons. The fourth-order valence-electron chi connectivity index (χ4n) is 3.22. The number of β-amino-alcohol motifs (C(OH)–C–C–N with tert-alkyl or cyclic N) is 1. The number of fused-ring (bicyclic) bond motifs is 1. The number of aliphatic carboxylic acids is 1. The molecule has 3 rings (SSSR count). The third-order valence-corrected chi connectivity index (χ3v) is 4.97. The Morgan fingerprint density at radius 2 is 2.04 bits per heavy atom. The summed E-state index contributed by atoms with van der Waals surface area (Å²) in [5.74, 6) is -1.54. The van der Waals surface area contributed by atoms with Crippen LogP contribution in [0.2, 0.25) is 5.02 Å². The van der Waals surface area contributed by atoms with Crippen molar-refractivity contribution < 1.29 is 19.4 Å². The van der Waals surface area contributed by atoms with Crippen LogP contribution in [0.4, 0.5) is 10.1 Å². The first-order valence-corrected chi connectivity index (χ1v) is 8.80. The summed E-state index contributed by atoms with van der Waals surface area (Å²) in [5, 5.41) is 18.8. The lowest BCUT2D eigenvalue weighted by molar-refractivity contribution is -0.132. The number of hydrogen-bond donors (Lipinski definition) is 2. The van der Waals surface area contributed by atoms with E-state index in [1.165, 1.54) is 12.3 Å². The monoisotopic (exact) mass is 387 g/mol. The number of carboxylic acids is 1. The van der Waals surface area contributed by atoms with E-state index in [0.29, 0.717) is 23.1 Å². The third kappa shape index (κ3) is 3.61. The van der Waals surface area contributed by atoms with E-state index in [2.05, 4.69) is 6.58 Å². The van der Waals surface area contributed by atoms with Gasteiger partial charge in [0.05, 0.1) is 17.2 Å². The van der Waals surface area contributed by atoms with Gasteiger partial charge in [0.15, 0.2) is 0 Å². The molecule has 0 saturated carbocycles. The quantitative estimate of drug-likeness (QED) is 0.808. The van der Waals surface area contributed by atoms with Gasteiger partial charge in [0.25, 0.3) is 0 Å². The molecule has 0 amide bonds. The van der Waals surface area contributed by atoms with Gasteiger partial charge in [-0.3, -0.25) is 0 Å². The lowest BCUT2D eigenvalue weighted by atomic mass is 9.89. The summed E-state index contributed by atoms with van der Waals surface area (Å²) in [4.78, 5) is 13.3. The predicted octanol–water partition coefficient (Wildman–Crippen LogP) is 4.17. The standard InChI is InChI=1S/C21H19ClFNO3/c1-12-8-19-16(13(2)17(21(26)27)11-24(19)6-7-25)10-15(12)9-14-4-3-5-18(22)20(14)23/h3-5,8,10-11,25H,2,6-7,9H2,1H3,(H,26,27). The molecule has 2 aromatic rings. The van der Waals surface area contributed by atoms with E-state index in [4.69, 9.17) is 11.6 Å². The number of rotatable bonds is 5. The molecule has 27 heavy (non-hydrogen) atoms. The fourth-order valence-corrected chi connectivity index (χ4v) is 3.42. The normalized spacial score (nSPS) is 13.4. The van der Waals surface area contributed by atoms with Crippen LogP contribution in [-0.4, -0.2) is 29.3 Å². The molecule has 2 aromatic carbocycles. The van der Waals surface area contributed by atoms with Crippen LogP contribution in [0.15, 0.2) is 48.7 Å². The fraction of sp³-hybridized carbons (Fsp3) is 0.190. The van der Waals surface area contributed by atoms with E-state index in [9.17, 15) is 19.4 Å². The van der Waals surface area contributed by atoms with Gasteiger partial charge < -0.3 is 15.1 Å². The van der Waals surface area contributed by atoms with Crippen molar-refractivity contribution >= 4 is 28.8 Å². The van der Waals surface area contributed by atoms with Gasteiger partial charge in [-0.2, -0.15) is 0 Å². The van der Waals surface area contributed by atoms with Crippen LogP contribution in [0.3, 0.4) is 0 Å². The number of halogens is 2. The molecule has 1 heterocycles. The van der Waals surface area contributed by atoms with Crippen molar-refractivity contribution in [1.29, 1.82) is 0 Å². The van der Waals surface area contributed by atoms with E-state index in [0.717, 1.165) is 16.8 Å². The Hall–Kier alpha value is -2.63. The van der Waals surface area contributed by atoms with Gasteiger partial charge in [0.2, 0.25) is 0 Å². The molecule has 0 saturated heterocycles. The van der Waals surface area contributed by atoms with Gasteiger partial charge >= 0.3 is 5.97 Å². The number of aliphatic hydroxyl groups is 1. The molecular formula is C21H19ClFNO3. The Morgan fingerprint density at radius 3 is 2.70 bits per heavy atom. The summed E-state index contributed by atoms with van der Waals surface area (Å²) in [5.41, 5.74) is 4.13. The highest BCUT2D eigenvalue weighted by molar-refractivity contribution is 6.30. The lowest BCUT2D eigenvalue weighted by Crippen LogP contribution is -2.27. The molecule has 0 unspecified atom stereocenters. The molecule has 140 valence electrons. The first-order valence-electron chi connectivity index (χ1n) is 8.42. The van der Waals surface area contributed by atoms with Crippen molar-refractivity contribution in [3.8, 4) is 0 Å². The molecule has 1 aliphatic rings. The number of carbonyl (C=O) groups is 1. The van der Waals surface area contributed by atoms with Gasteiger partial charge in [-0.05, 0) is 47.4 Å². The van der Waals surface area contributed by atoms with Crippen molar-refractivity contribution in [1.82, 2.24) is 0 Å². The second-order valence-electron chi connectivity index (χ2n) is 6.43. The molecular weight excluding hydrogens is 369 g/mol. The summed E-state index contributed by atoms with van der Waals surface area (Å²) in [6.45, 7) is 5.98. The van der Waals surface area contributed by atoms with Crippen molar-refractivity contribution in [2.24, 2.45) is 0 Å². The summed E-state index contributed by atoms with van der Waals surface area (Å²) in [6.07, 6.45) is 1.81. The number of aliphatic hydroxyl groups excluding tert-OH is 1. The lowest BCUT2D eigenvalue weighted by Gasteiger charge is -2.30. The average molecular weight is 388 g/mol. The molecule has 2 N–H and O–H groups in total. The van der Waals surface area contributed by atoms with Crippen LogP contribution < -0.4 is 4.90 Å². The summed E-state index contributed by atoms with van der Waals surface area (Å²) < 4.78 is 14.3. The average Bonchev–Trinajstić information content (AvgIpc) is 2.62. The van der Waals surface area contributed by atoms with Crippen LogP contribution in [0.25, 0.3) is 5.57 Å². The largest absolute Gasteiger partial charge is 0.478 e.